The van der Waals surface area contributed by atoms with Crippen molar-refractivity contribution in [2.75, 3.05) is 18.8 Å². The van der Waals surface area contributed by atoms with Gasteiger partial charge in [-0.3, -0.25) is 0 Å². The molecule has 2 aromatic heterocycles. The van der Waals surface area contributed by atoms with Crippen LogP contribution in [0.3, 0.4) is 0 Å². The topological polar surface area (TPSA) is 55.3 Å². The minimum atomic E-state index is 0.512. The molecule has 0 radical (unpaired) electrons. The van der Waals surface area contributed by atoms with Gasteiger partial charge in [0.25, 0.3) is 0 Å². The highest BCUT2D eigenvalue weighted by atomic mass is 15.0. The minimum Gasteiger partial charge on any atom is -0.398 e. The summed E-state index contributed by atoms with van der Waals surface area (Å²) in [5.74, 6) is 1.65. The van der Waals surface area contributed by atoms with E-state index in [2.05, 4.69) is 14.7 Å². The number of anilines is 1. The normalized spacial score (nSPS) is 21.4. The fourth-order valence-corrected chi connectivity index (χ4v) is 2.40. The van der Waals surface area contributed by atoms with Crippen molar-refractivity contribution < 1.29 is 0 Å². The van der Waals surface area contributed by atoms with Gasteiger partial charge >= 0.3 is 0 Å². The molecule has 4 nitrogen and oxygen atoms in total. The third kappa shape index (κ3) is 1.55. The Morgan fingerprint density at radius 2 is 2.38 bits per heavy atom. The van der Waals surface area contributed by atoms with Crippen molar-refractivity contribution in [3.05, 3.63) is 30.4 Å². The molecule has 2 aromatic rings. The summed E-state index contributed by atoms with van der Waals surface area (Å²) in [5, 5.41) is 3.42. The number of fused-ring (bicyclic) bond motifs is 1. The van der Waals surface area contributed by atoms with Gasteiger partial charge in [0.05, 0.1) is 11.7 Å². The predicted molar refractivity (Wildman–Crippen MR) is 64.4 cm³/mol. The molecule has 84 valence electrons. The highest BCUT2D eigenvalue weighted by Gasteiger charge is 2.19. The van der Waals surface area contributed by atoms with Crippen molar-refractivity contribution in [2.45, 2.75) is 18.8 Å². The summed E-state index contributed by atoms with van der Waals surface area (Å²) in [6.45, 7) is 2.15. The van der Waals surface area contributed by atoms with Gasteiger partial charge in [0.1, 0.15) is 5.82 Å². The van der Waals surface area contributed by atoms with E-state index < -0.39 is 0 Å². The van der Waals surface area contributed by atoms with Crippen molar-refractivity contribution in [3.8, 4) is 0 Å². The highest BCUT2D eigenvalue weighted by molar-refractivity contribution is 5.52. The molecule has 1 saturated heterocycles. The summed E-state index contributed by atoms with van der Waals surface area (Å²) in [5.41, 5.74) is 7.72. The van der Waals surface area contributed by atoms with Crippen LogP contribution in [0.25, 0.3) is 5.52 Å². The first-order valence-electron chi connectivity index (χ1n) is 5.78. The molecule has 0 aliphatic carbocycles. The lowest BCUT2D eigenvalue weighted by molar-refractivity contribution is 0.445. The number of nitrogens with one attached hydrogen (secondary N) is 1. The molecule has 1 unspecified atom stereocenters. The summed E-state index contributed by atoms with van der Waals surface area (Å²) in [7, 11) is 0. The van der Waals surface area contributed by atoms with E-state index in [1.165, 1.54) is 12.8 Å². The maximum atomic E-state index is 5.82. The molecule has 1 atom stereocenters. The van der Waals surface area contributed by atoms with E-state index in [1.807, 2.05) is 24.5 Å². The van der Waals surface area contributed by atoms with Gasteiger partial charge in [-0.2, -0.15) is 0 Å². The third-order valence-corrected chi connectivity index (χ3v) is 3.24. The van der Waals surface area contributed by atoms with Crippen LogP contribution in [-0.2, 0) is 0 Å². The third-order valence-electron chi connectivity index (χ3n) is 3.24. The molecule has 1 aliphatic heterocycles. The summed E-state index contributed by atoms with van der Waals surface area (Å²) >= 11 is 0. The van der Waals surface area contributed by atoms with Gasteiger partial charge in [-0.25, -0.2) is 4.98 Å². The standard InChI is InChI=1S/C12H16N4/c13-10-3-4-11-7-15-12(16(11)8-10)9-2-1-5-14-6-9/h3-4,7-9,14H,1-2,5-6,13H2. The van der Waals surface area contributed by atoms with Gasteiger partial charge in [0.2, 0.25) is 0 Å². The summed E-state index contributed by atoms with van der Waals surface area (Å²) in [4.78, 5) is 4.53. The molecule has 0 saturated carbocycles. The van der Waals surface area contributed by atoms with E-state index in [0.29, 0.717) is 5.92 Å². The Bertz CT molecular complexity index is 497. The Hall–Kier alpha value is -1.55. The van der Waals surface area contributed by atoms with Gasteiger partial charge in [0.15, 0.2) is 0 Å². The van der Waals surface area contributed by atoms with E-state index >= 15 is 0 Å². The zero-order valence-electron chi connectivity index (χ0n) is 9.19. The Morgan fingerprint density at radius 3 is 3.19 bits per heavy atom. The molecule has 0 spiro atoms. The fraction of sp³-hybridized carbons (Fsp3) is 0.417. The van der Waals surface area contributed by atoms with E-state index in [0.717, 1.165) is 30.1 Å². The number of nitrogen functional groups attached to an aromatic ring is 1. The van der Waals surface area contributed by atoms with Crippen LogP contribution >= 0.6 is 0 Å². The number of nitrogens with two attached hydrogens (primary N) is 1. The quantitative estimate of drug-likeness (QED) is 0.757. The first-order valence-corrected chi connectivity index (χ1v) is 5.78. The van der Waals surface area contributed by atoms with Crippen molar-refractivity contribution in [1.82, 2.24) is 14.7 Å². The zero-order chi connectivity index (χ0) is 11.0. The van der Waals surface area contributed by atoms with Crippen LogP contribution in [0.1, 0.15) is 24.6 Å². The molecule has 3 N–H and O–H groups in total. The Labute approximate surface area is 94.5 Å². The molecule has 3 heterocycles. The average molecular weight is 216 g/mol. The smallest absolute Gasteiger partial charge is 0.117 e. The first kappa shape index (κ1) is 9.66. The maximum absolute atomic E-state index is 5.82. The van der Waals surface area contributed by atoms with E-state index in [9.17, 15) is 0 Å². The van der Waals surface area contributed by atoms with Gasteiger partial charge in [0, 0.05) is 24.3 Å². The molecule has 4 heteroatoms. The van der Waals surface area contributed by atoms with Crippen molar-refractivity contribution in [1.29, 1.82) is 0 Å². The second kappa shape index (κ2) is 3.79. The molecule has 1 fully saturated rings. The first-order chi connectivity index (χ1) is 7.84. The molecule has 0 amide bonds. The van der Waals surface area contributed by atoms with Crippen LogP contribution in [-0.4, -0.2) is 22.5 Å². The van der Waals surface area contributed by atoms with Gasteiger partial charge in [-0.1, -0.05) is 0 Å². The van der Waals surface area contributed by atoms with Gasteiger partial charge in [-0.05, 0) is 31.5 Å². The Kier molecular flexibility index (Phi) is 2.29. The van der Waals surface area contributed by atoms with Crippen molar-refractivity contribution >= 4 is 11.2 Å². The Morgan fingerprint density at radius 1 is 1.44 bits per heavy atom. The highest BCUT2D eigenvalue weighted by Crippen LogP contribution is 2.23. The number of hydrogen-bond acceptors (Lipinski definition) is 3. The lowest BCUT2D eigenvalue weighted by atomic mass is 9.99. The minimum absolute atomic E-state index is 0.512. The monoisotopic (exact) mass is 216 g/mol. The van der Waals surface area contributed by atoms with Gasteiger partial charge < -0.3 is 15.5 Å². The van der Waals surface area contributed by atoms with E-state index in [4.69, 9.17) is 5.73 Å². The number of pyridine rings is 1. The number of hydrogen-bond donors (Lipinski definition) is 2. The van der Waals surface area contributed by atoms with E-state index in [-0.39, 0.29) is 0 Å². The fourth-order valence-electron chi connectivity index (χ4n) is 2.40. The zero-order valence-corrected chi connectivity index (χ0v) is 9.19. The maximum Gasteiger partial charge on any atom is 0.117 e. The molecular weight excluding hydrogens is 200 g/mol. The number of rotatable bonds is 1. The van der Waals surface area contributed by atoms with Gasteiger partial charge in [-0.15, -0.1) is 0 Å². The molecule has 0 aromatic carbocycles. The largest absolute Gasteiger partial charge is 0.398 e. The SMILES string of the molecule is Nc1ccc2cnc(C3CCCNC3)n2c1. The van der Waals surface area contributed by atoms with E-state index in [1.54, 1.807) is 0 Å². The molecule has 0 bridgehead atoms. The number of imidazole rings is 1. The van der Waals surface area contributed by atoms with Crippen LogP contribution in [0, 0.1) is 0 Å². The summed E-state index contributed by atoms with van der Waals surface area (Å²) < 4.78 is 2.12. The predicted octanol–water partition coefficient (Wildman–Crippen LogP) is 1.38. The lowest BCUT2D eigenvalue weighted by Crippen LogP contribution is -2.29. The van der Waals surface area contributed by atoms with Crippen LogP contribution < -0.4 is 11.1 Å². The number of nitrogens with zero attached hydrogens (tertiary/aromatic N) is 2. The van der Waals surface area contributed by atoms with Crippen molar-refractivity contribution in [3.63, 3.8) is 0 Å². The molecular formula is C12H16N4. The molecule has 16 heavy (non-hydrogen) atoms. The number of aromatic nitrogens is 2. The molecule has 1 aliphatic rings. The van der Waals surface area contributed by atoms with Crippen LogP contribution in [0.15, 0.2) is 24.5 Å². The Balaban J connectivity index is 2.05. The van der Waals surface area contributed by atoms with Crippen LogP contribution in [0.4, 0.5) is 5.69 Å². The molecule has 3 rings (SSSR count). The summed E-state index contributed by atoms with van der Waals surface area (Å²) in [6, 6.07) is 3.93. The van der Waals surface area contributed by atoms with Crippen LogP contribution in [0.5, 0.6) is 0 Å². The van der Waals surface area contributed by atoms with Crippen molar-refractivity contribution in [2.24, 2.45) is 0 Å². The van der Waals surface area contributed by atoms with Crippen LogP contribution in [0.2, 0.25) is 0 Å². The number of piperidine rings is 1. The summed E-state index contributed by atoms with van der Waals surface area (Å²) in [6.07, 6.45) is 6.32. The average Bonchev–Trinajstić information content (AvgIpc) is 2.73. The lowest BCUT2D eigenvalue weighted by Gasteiger charge is -2.21. The second-order valence-corrected chi connectivity index (χ2v) is 4.42. The second-order valence-electron chi connectivity index (χ2n) is 4.42.